The fraction of sp³-hybridized carbons (Fsp3) is 0.600. The number of likely N-dealkylation sites (N-methyl/N-ethyl adjacent to an activating group) is 1. The van der Waals surface area contributed by atoms with Crippen LogP contribution < -0.4 is 5.32 Å². The molecular formula is C15H26N2. The fourth-order valence-corrected chi connectivity index (χ4v) is 1.71. The standard InChI is InChI=1S/C15H26N2/c1-15(2,3)13-16-10-11-17(4)12-14-8-6-5-7-9-14/h5-9,16H,10-13H2,1-4H3. The molecule has 1 aromatic carbocycles. The van der Waals surface area contributed by atoms with Crippen LogP contribution in [0.2, 0.25) is 0 Å². The molecule has 1 N–H and O–H groups in total. The first-order valence-corrected chi connectivity index (χ1v) is 6.40. The summed E-state index contributed by atoms with van der Waals surface area (Å²) >= 11 is 0. The molecule has 0 saturated heterocycles. The fourth-order valence-electron chi connectivity index (χ4n) is 1.71. The van der Waals surface area contributed by atoms with Crippen LogP contribution in [-0.4, -0.2) is 31.6 Å². The summed E-state index contributed by atoms with van der Waals surface area (Å²) in [6.45, 7) is 11.0. The van der Waals surface area contributed by atoms with Crippen molar-refractivity contribution in [1.29, 1.82) is 0 Å². The second kappa shape index (κ2) is 6.77. The molecule has 0 atom stereocenters. The van der Waals surface area contributed by atoms with Gasteiger partial charge in [-0.25, -0.2) is 0 Å². The zero-order chi connectivity index (χ0) is 12.7. The molecule has 0 aliphatic carbocycles. The Hall–Kier alpha value is -0.860. The van der Waals surface area contributed by atoms with E-state index in [1.807, 2.05) is 0 Å². The van der Waals surface area contributed by atoms with Crippen molar-refractivity contribution in [2.75, 3.05) is 26.7 Å². The Bertz CT molecular complexity index is 300. The monoisotopic (exact) mass is 234 g/mol. The van der Waals surface area contributed by atoms with E-state index in [4.69, 9.17) is 0 Å². The summed E-state index contributed by atoms with van der Waals surface area (Å²) in [5.41, 5.74) is 1.75. The Morgan fingerprint density at radius 3 is 2.35 bits per heavy atom. The molecule has 0 aromatic heterocycles. The van der Waals surface area contributed by atoms with E-state index >= 15 is 0 Å². The number of benzene rings is 1. The van der Waals surface area contributed by atoms with Gasteiger partial charge in [0.1, 0.15) is 0 Å². The van der Waals surface area contributed by atoms with Gasteiger partial charge in [-0.1, -0.05) is 51.1 Å². The van der Waals surface area contributed by atoms with E-state index in [0.29, 0.717) is 5.41 Å². The van der Waals surface area contributed by atoms with Crippen molar-refractivity contribution < 1.29 is 0 Å². The maximum absolute atomic E-state index is 3.50. The third kappa shape index (κ3) is 7.14. The van der Waals surface area contributed by atoms with Gasteiger partial charge in [0.15, 0.2) is 0 Å². The zero-order valence-corrected chi connectivity index (χ0v) is 11.7. The summed E-state index contributed by atoms with van der Waals surface area (Å²) in [6, 6.07) is 10.6. The van der Waals surface area contributed by atoms with Crippen LogP contribution in [0.15, 0.2) is 30.3 Å². The molecule has 96 valence electrons. The van der Waals surface area contributed by atoms with Crippen molar-refractivity contribution in [3.8, 4) is 0 Å². The maximum atomic E-state index is 3.50. The first kappa shape index (κ1) is 14.2. The molecule has 0 saturated carbocycles. The summed E-state index contributed by atoms with van der Waals surface area (Å²) in [5, 5.41) is 3.50. The van der Waals surface area contributed by atoms with E-state index in [1.54, 1.807) is 0 Å². The second-order valence-electron chi connectivity index (χ2n) is 5.96. The molecule has 0 radical (unpaired) electrons. The summed E-state index contributed by atoms with van der Waals surface area (Å²) in [5.74, 6) is 0. The predicted molar refractivity (Wildman–Crippen MR) is 75.1 cm³/mol. The Morgan fingerprint density at radius 1 is 1.12 bits per heavy atom. The van der Waals surface area contributed by atoms with Gasteiger partial charge >= 0.3 is 0 Å². The third-order valence-electron chi connectivity index (χ3n) is 2.62. The van der Waals surface area contributed by atoms with Crippen LogP contribution in [0.5, 0.6) is 0 Å². The van der Waals surface area contributed by atoms with E-state index in [0.717, 1.165) is 26.2 Å². The van der Waals surface area contributed by atoms with Gasteiger partial charge in [0.2, 0.25) is 0 Å². The van der Waals surface area contributed by atoms with Gasteiger partial charge in [0.05, 0.1) is 0 Å². The topological polar surface area (TPSA) is 15.3 Å². The molecule has 1 rings (SSSR count). The Morgan fingerprint density at radius 2 is 1.76 bits per heavy atom. The van der Waals surface area contributed by atoms with Crippen LogP contribution >= 0.6 is 0 Å². The molecule has 1 aromatic rings. The predicted octanol–water partition coefficient (Wildman–Crippen LogP) is 2.75. The van der Waals surface area contributed by atoms with Crippen molar-refractivity contribution in [2.45, 2.75) is 27.3 Å². The highest BCUT2D eigenvalue weighted by Crippen LogP contribution is 2.09. The summed E-state index contributed by atoms with van der Waals surface area (Å²) in [4.78, 5) is 2.35. The Kier molecular flexibility index (Phi) is 5.66. The van der Waals surface area contributed by atoms with Gasteiger partial charge < -0.3 is 10.2 Å². The van der Waals surface area contributed by atoms with Gasteiger partial charge in [0, 0.05) is 26.2 Å². The second-order valence-corrected chi connectivity index (χ2v) is 5.96. The first-order chi connectivity index (χ1) is 7.97. The zero-order valence-electron chi connectivity index (χ0n) is 11.7. The smallest absolute Gasteiger partial charge is 0.0231 e. The lowest BCUT2D eigenvalue weighted by atomic mass is 9.97. The number of nitrogens with one attached hydrogen (secondary N) is 1. The average molecular weight is 234 g/mol. The van der Waals surface area contributed by atoms with E-state index in [-0.39, 0.29) is 0 Å². The molecular weight excluding hydrogens is 208 g/mol. The van der Waals surface area contributed by atoms with Gasteiger partial charge in [0.25, 0.3) is 0 Å². The number of rotatable bonds is 6. The van der Waals surface area contributed by atoms with E-state index in [9.17, 15) is 0 Å². The highest BCUT2D eigenvalue weighted by atomic mass is 15.1. The van der Waals surface area contributed by atoms with E-state index in [1.165, 1.54) is 5.56 Å². The van der Waals surface area contributed by atoms with Crippen LogP contribution in [0.3, 0.4) is 0 Å². The van der Waals surface area contributed by atoms with E-state index in [2.05, 4.69) is 68.4 Å². The summed E-state index contributed by atoms with van der Waals surface area (Å²) in [7, 11) is 2.17. The molecule has 0 fully saturated rings. The quantitative estimate of drug-likeness (QED) is 0.761. The lowest BCUT2D eigenvalue weighted by molar-refractivity contribution is 0.308. The molecule has 0 aliphatic heterocycles. The summed E-state index contributed by atoms with van der Waals surface area (Å²) in [6.07, 6.45) is 0. The molecule has 0 unspecified atom stereocenters. The molecule has 17 heavy (non-hydrogen) atoms. The number of hydrogen-bond donors (Lipinski definition) is 1. The largest absolute Gasteiger partial charge is 0.315 e. The Balaban J connectivity index is 2.16. The molecule has 0 bridgehead atoms. The minimum Gasteiger partial charge on any atom is -0.315 e. The number of hydrogen-bond acceptors (Lipinski definition) is 2. The summed E-state index contributed by atoms with van der Waals surface area (Å²) < 4.78 is 0. The SMILES string of the molecule is CN(CCNCC(C)(C)C)Cc1ccccc1. The minimum atomic E-state index is 0.373. The lowest BCUT2D eigenvalue weighted by Crippen LogP contribution is -2.33. The third-order valence-corrected chi connectivity index (χ3v) is 2.62. The van der Waals surface area contributed by atoms with Crippen molar-refractivity contribution in [3.05, 3.63) is 35.9 Å². The van der Waals surface area contributed by atoms with Crippen molar-refractivity contribution in [1.82, 2.24) is 10.2 Å². The first-order valence-electron chi connectivity index (χ1n) is 6.40. The number of nitrogens with zero attached hydrogens (tertiary/aromatic N) is 1. The highest BCUT2D eigenvalue weighted by Gasteiger charge is 2.08. The van der Waals surface area contributed by atoms with Crippen molar-refractivity contribution >= 4 is 0 Å². The van der Waals surface area contributed by atoms with Crippen molar-refractivity contribution in [2.24, 2.45) is 5.41 Å². The van der Waals surface area contributed by atoms with Crippen LogP contribution in [-0.2, 0) is 6.54 Å². The molecule has 0 heterocycles. The van der Waals surface area contributed by atoms with Gasteiger partial charge in [-0.2, -0.15) is 0 Å². The van der Waals surface area contributed by atoms with Crippen LogP contribution in [0, 0.1) is 5.41 Å². The van der Waals surface area contributed by atoms with Crippen LogP contribution in [0.1, 0.15) is 26.3 Å². The van der Waals surface area contributed by atoms with Crippen LogP contribution in [0.4, 0.5) is 0 Å². The lowest BCUT2D eigenvalue weighted by Gasteiger charge is -2.21. The van der Waals surface area contributed by atoms with Crippen LogP contribution in [0.25, 0.3) is 0 Å². The minimum absolute atomic E-state index is 0.373. The highest BCUT2D eigenvalue weighted by molar-refractivity contribution is 5.14. The molecule has 2 heteroatoms. The molecule has 0 amide bonds. The molecule has 0 aliphatic rings. The average Bonchev–Trinajstić information content (AvgIpc) is 2.25. The Labute approximate surface area is 106 Å². The van der Waals surface area contributed by atoms with E-state index < -0.39 is 0 Å². The molecule has 0 spiro atoms. The maximum Gasteiger partial charge on any atom is 0.0231 e. The van der Waals surface area contributed by atoms with Gasteiger partial charge in [-0.3, -0.25) is 0 Å². The van der Waals surface area contributed by atoms with Gasteiger partial charge in [-0.15, -0.1) is 0 Å². The van der Waals surface area contributed by atoms with Crippen molar-refractivity contribution in [3.63, 3.8) is 0 Å². The molecule has 2 nitrogen and oxygen atoms in total. The normalized spacial score (nSPS) is 12.1. The van der Waals surface area contributed by atoms with Gasteiger partial charge in [-0.05, 0) is 18.0 Å².